The van der Waals surface area contributed by atoms with Crippen LogP contribution in [0.25, 0.3) is 0 Å². The molecule has 1 nitrogen and oxygen atoms in total. The summed E-state index contributed by atoms with van der Waals surface area (Å²) in [4.78, 5) is 4.27. The highest BCUT2D eigenvalue weighted by Gasteiger charge is 2.09. The molecule has 0 rings (SSSR count). The van der Waals surface area contributed by atoms with Gasteiger partial charge in [-0.05, 0) is 29.4 Å². The van der Waals surface area contributed by atoms with Crippen LogP contribution in [-0.2, 0) is 0 Å². The van der Waals surface area contributed by atoms with Gasteiger partial charge in [0, 0.05) is 12.4 Å². The molecular formula is C13H23N. The van der Waals surface area contributed by atoms with Gasteiger partial charge in [-0.2, -0.15) is 0 Å². The molecule has 0 saturated carbocycles. The highest BCUT2D eigenvalue weighted by Crippen LogP contribution is 2.24. The molecule has 0 aromatic rings. The first-order chi connectivity index (χ1) is 6.50. The summed E-state index contributed by atoms with van der Waals surface area (Å²) in [7, 11) is 0. The lowest BCUT2D eigenvalue weighted by molar-refractivity contribution is 0.702. The molecule has 0 atom stereocenters. The van der Waals surface area contributed by atoms with Crippen molar-refractivity contribution in [2.24, 2.45) is 16.8 Å². The second-order valence-electron chi connectivity index (χ2n) is 4.16. The van der Waals surface area contributed by atoms with Crippen LogP contribution in [0.3, 0.4) is 0 Å². The molecule has 80 valence electrons. The van der Waals surface area contributed by atoms with Crippen molar-refractivity contribution in [3.63, 3.8) is 0 Å². The molecule has 0 bridgehead atoms. The van der Waals surface area contributed by atoms with Crippen molar-refractivity contribution < 1.29 is 0 Å². The smallest absolute Gasteiger partial charge is 0.0301 e. The van der Waals surface area contributed by atoms with Gasteiger partial charge in [0.05, 0.1) is 0 Å². The predicted octanol–water partition coefficient (Wildman–Crippen LogP) is 4.22. The number of aliphatic imine (C=N–C) groups is 1. The van der Waals surface area contributed by atoms with Crippen LogP contribution >= 0.6 is 0 Å². The molecule has 0 aromatic carbocycles. The van der Waals surface area contributed by atoms with E-state index < -0.39 is 0 Å². The zero-order valence-corrected chi connectivity index (χ0v) is 10.2. The normalized spacial score (nSPS) is 13.2. The van der Waals surface area contributed by atoms with E-state index in [1.54, 1.807) is 0 Å². The SMILES string of the molecule is C=C(/C(=C\N=CCC)C(C)C)C(C)C. The Hall–Kier alpha value is -0.850. The Morgan fingerprint density at radius 3 is 2.14 bits per heavy atom. The molecule has 14 heavy (non-hydrogen) atoms. The van der Waals surface area contributed by atoms with Crippen molar-refractivity contribution >= 4 is 6.21 Å². The fourth-order valence-electron chi connectivity index (χ4n) is 1.17. The fourth-order valence-corrected chi connectivity index (χ4v) is 1.17. The van der Waals surface area contributed by atoms with Crippen LogP contribution in [0.1, 0.15) is 41.0 Å². The number of allylic oxidation sites excluding steroid dienone is 2. The minimum absolute atomic E-state index is 0.499. The fraction of sp³-hybridized carbons (Fsp3) is 0.615. The maximum atomic E-state index is 4.27. The Morgan fingerprint density at radius 1 is 1.21 bits per heavy atom. The summed E-state index contributed by atoms with van der Waals surface area (Å²) in [6.45, 7) is 14.9. The topological polar surface area (TPSA) is 12.4 Å². The van der Waals surface area contributed by atoms with Crippen molar-refractivity contribution in [2.75, 3.05) is 0 Å². The van der Waals surface area contributed by atoms with Gasteiger partial charge in [-0.3, -0.25) is 4.99 Å². The average Bonchev–Trinajstić information content (AvgIpc) is 2.10. The molecule has 0 aliphatic rings. The van der Waals surface area contributed by atoms with Gasteiger partial charge in [0.15, 0.2) is 0 Å². The van der Waals surface area contributed by atoms with Crippen LogP contribution < -0.4 is 0 Å². The van der Waals surface area contributed by atoms with Gasteiger partial charge >= 0.3 is 0 Å². The Bertz CT molecular complexity index is 232. The van der Waals surface area contributed by atoms with Crippen molar-refractivity contribution in [1.82, 2.24) is 0 Å². The van der Waals surface area contributed by atoms with E-state index in [1.807, 2.05) is 12.4 Å². The van der Waals surface area contributed by atoms with Gasteiger partial charge in [-0.25, -0.2) is 0 Å². The molecule has 0 heterocycles. The molecule has 1 heteroatoms. The molecular weight excluding hydrogens is 170 g/mol. The van der Waals surface area contributed by atoms with Gasteiger partial charge in [-0.1, -0.05) is 41.2 Å². The third-order valence-corrected chi connectivity index (χ3v) is 2.19. The van der Waals surface area contributed by atoms with Gasteiger partial charge in [0.25, 0.3) is 0 Å². The summed E-state index contributed by atoms with van der Waals surface area (Å²) < 4.78 is 0. The standard InChI is InChI=1S/C13H23N/c1-7-8-14-9-13(11(4)5)12(6)10(2)3/h8-11H,6-7H2,1-5H3/b13-9-,14-8?. The van der Waals surface area contributed by atoms with Crippen LogP contribution in [0.5, 0.6) is 0 Å². The molecule has 0 fully saturated rings. The second-order valence-corrected chi connectivity index (χ2v) is 4.16. The maximum Gasteiger partial charge on any atom is 0.0301 e. The highest BCUT2D eigenvalue weighted by molar-refractivity contribution is 5.57. The summed E-state index contributed by atoms with van der Waals surface area (Å²) in [5.41, 5.74) is 2.47. The average molecular weight is 193 g/mol. The summed E-state index contributed by atoms with van der Waals surface area (Å²) in [5.74, 6) is 0.999. The van der Waals surface area contributed by atoms with Crippen LogP contribution in [0.4, 0.5) is 0 Å². The van der Waals surface area contributed by atoms with Crippen LogP contribution in [0, 0.1) is 11.8 Å². The minimum atomic E-state index is 0.499. The van der Waals surface area contributed by atoms with E-state index in [4.69, 9.17) is 0 Å². The van der Waals surface area contributed by atoms with E-state index in [9.17, 15) is 0 Å². The van der Waals surface area contributed by atoms with Crippen LogP contribution in [0.15, 0.2) is 28.9 Å². The first-order valence-electron chi connectivity index (χ1n) is 5.41. The second kappa shape index (κ2) is 6.58. The predicted molar refractivity (Wildman–Crippen MR) is 65.7 cm³/mol. The van der Waals surface area contributed by atoms with Crippen molar-refractivity contribution in [2.45, 2.75) is 41.0 Å². The van der Waals surface area contributed by atoms with Crippen molar-refractivity contribution in [3.8, 4) is 0 Å². The Kier molecular flexibility index (Phi) is 6.18. The number of hydrogen-bond donors (Lipinski definition) is 0. The number of nitrogens with zero attached hydrogens (tertiary/aromatic N) is 1. The van der Waals surface area contributed by atoms with Crippen molar-refractivity contribution in [3.05, 3.63) is 23.9 Å². The van der Waals surface area contributed by atoms with Crippen molar-refractivity contribution in [1.29, 1.82) is 0 Å². The first-order valence-corrected chi connectivity index (χ1v) is 5.41. The van der Waals surface area contributed by atoms with Gasteiger partial charge in [-0.15, -0.1) is 0 Å². The Morgan fingerprint density at radius 2 is 1.79 bits per heavy atom. The third kappa shape index (κ3) is 4.40. The van der Waals surface area contributed by atoms with Crippen LogP contribution in [0.2, 0.25) is 0 Å². The van der Waals surface area contributed by atoms with E-state index in [1.165, 1.54) is 11.1 Å². The zero-order valence-electron chi connectivity index (χ0n) is 10.2. The van der Waals surface area contributed by atoms with Gasteiger partial charge in [0.2, 0.25) is 0 Å². The molecule has 0 aliphatic heterocycles. The van der Waals surface area contributed by atoms with Gasteiger partial charge < -0.3 is 0 Å². The molecule has 0 spiro atoms. The van der Waals surface area contributed by atoms with Crippen LogP contribution in [-0.4, -0.2) is 6.21 Å². The molecule has 0 amide bonds. The third-order valence-electron chi connectivity index (χ3n) is 2.19. The van der Waals surface area contributed by atoms with E-state index in [-0.39, 0.29) is 0 Å². The molecule has 0 radical (unpaired) electrons. The molecule has 0 aliphatic carbocycles. The number of hydrogen-bond acceptors (Lipinski definition) is 1. The Balaban J connectivity index is 4.68. The lowest BCUT2D eigenvalue weighted by Gasteiger charge is -2.16. The minimum Gasteiger partial charge on any atom is -0.269 e. The molecule has 0 saturated heterocycles. The lowest BCUT2D eigenvalue weighted by Crippen LogP contribution is -2.02. The summed E-state index contributed by atoms with van der Waals surface area (Å²) in [5, 5.41) is 0. The number of rotatable bonds is 5. The maximum absolute atomic E-state index is 4.27. The molecule has 0 N–H and O–H groups in total. The van der Waals surface area contributed by atoms with E-state index >= 15 is 0 Å². The van der Waals surface area contributed by atoms with Gasteiger partial charge in [0.1, 0.15) is 0 Å². The zero-order chi connectivity index (χ0) is 11.1. The first kappa shape index (κ1) is 13.2. The molecule has 0 aromatic heterocycles. The summed E-state index contributed by atoms with van der Waals surface area (Å²) >= 11 is 0. The molecule has 0 unspecified atom stereocenters. The monoisotopic (exact) mass is 193 g/mol. The summed E-state index contributed by atoms with van der Waals surface area (Å²) in [6, 6.07) is 0. The van der Waals surface area contributed by atoms with E-state index in [0.29, 0.717) is 11.8 Å². The highest BCUT2D eigenvalue weighted by atomic mass is 14.7. The lowest BCUT2D eigenvalue weighted by atomic mass is 9.90. The Labute approximate surface area is 88.6 Å². The quantitative estimate of drug-likeness (QED) is 0.458. The van der Waals surface area contributed by atoms with E-state index in [0.717, 1.165) is 6.42 Å². The summed E-state index contributed by atoms with van der Waals surface area (Å²) in [6.07, 6.45) is 4.86. The largest absolute Gasteiger partial charge is 0.269 e. The van der Waals surface area contributed by atoms with E-state index in [2.05, 4.69) is 46.2 Å².